The van der Waals surface area contributed by atoms with Crippen molar-refractivity contribution in [3.63, 3.8) is 0 Å². The van der Waals surface area contributed by atoms with Crippen molar-refractivity contribution < 1.29 is 19.7 Å². The van der Waals surface area contributed by atoms with E-state index in [0.717, 1.165) is 51.4 Å². The Morgan fingerprint density at radius 2 is 1.64 bits per heavy atom. The van der Waals surface area contributed by atoms with Gasteiger partial charge < -0.3 is 14.9 Å². The number of carbonyl (C=O) groups excluding carboxylic acids is 1. The van der Waals surface area contributed by atoms with E-state index in [-0.39, 0.29) is 18.7 Å². The SMILES string of the molecule is CCCCCCC(O)CC=CCCCCCCCC(=O)OCC(C)O. The second kappa shape index (κ2) is 17.9. The normalized spacial score (nSPS) is 13.9. The largest absolute Gasteiger partial charge is 0.463 e. The van der Waals surface area contributed by atoms with Gasteiger partial charge in [0.05, 0.1) is 12.2 Å². The van der Waals surface area contributed by atoms with Crippen molar-refractivity contribution in [2.45, 2.75) is 110 Å². The van der Waals surface area contributed by atoms with Gasteiger partial charge in [0, 0.05) is 6.42 Å². The molecule has 2 atom stereocenters. The fraction of sp³-hybridized carbons (Fsp3) is 0.857. The molecule has 0 heterocycles. The molecular weight excluding hydrogens is 316 g/mol. The number of unbranched alkanes of at least 4 members (excludes halogenated alkanes) is 8. The molecular formula is C21H40O4. The first-order valence-electron chi connectivity index (χ1n) is 10.2. The van der Waals surface area contributed by atoms with Gasteiger partial charge >= 0.3 is 5.97 Å². The molecule has 25 heavy (non-hydrogen) atoms. The minimum Gasteiger partial charge on any atom is -0.463 e. The van der Waals surface area contributed by atoms with Gasteiger partial charge in [0.15, 0.2) is 0 Å². The number of hydrogen-bond donors (Lipinski definition) is 2. The molecule has 0 radical (unpaired) electrons. The Labute approximate surface area is 154 Å². The molecule has 4 nitrogen and oxygen atoms in total. The van der Waals surface area contributed by atoms with Crippen molar-refractivity contribution in [2.24, 2.45) is 0 Å². The zero-order chi connectivity index (χ0) is 18.8. The highest BCUT2D eigenvalue weighted by Crippen LogP contribution is 2.10. The third-order valence-electron chi connectivity index (χ3n) is 4.20. The van der Waals surface area contributed by atoms with Gasteiger partial charge in [-0.15, -0.1) is 0 Å². The molecule has 0 bridgehead atoms. The summed E-state index contributed by atoms with van der Waals surface area (Å²) in [5, 5.41) is 18.9. The van der Waals surface area contributed by atoms with Crippen LogP contribution >= 0.6 is 0 Å². The molecule has 0 spiro atoms. The number of allylic oxidation sites excluding steroid dienone is 1. The van der Waals surface area contributed by atoms with Crippen LogP contribution in [0.1, 0.15) is 97.3 Å². The molecule has 0 aliphatic rings. The maximum Gasteiger partial charge on any atom is 0.305 e. The van der Waals surface area contributed by atoms with Crippen LogP contribution in [0.5, 0.6) is 0 Å². The van der Waals surface area contributed by atoms with Crippen LogP contribution in [0, 0.1) is 0 Å². The lowest BCUT2D eigenvalue weighted by molar-refractivity contribution is -0.146. The Bertz CT molecular complexity index is 326. The highest BCUT2D eigenvalue weighted by atomic mass is 16.5. The monoisotopic (exact) mass is 356 g/mol. The van der Waals surface area contributed by atoms with E-state index in [1.165, 1.54) is 25.7 Å². The summed E-state index contributed by atoms with van der Waals surface area (Å²) in [6.45, 7) is 3.90. The predicted octanol–water partition coefficient (Wildman–Crippen LogP) is 4.92. The van der Waals surface area contributed by atoms with E-state index in [4.69, 9.17) is 9.84 Å². The maximum absolute atomic E-state index is 11.3. The van der Waals surface area contributed by atoms with Crippen LogP contribution in [0.4, 0.5) is 0 Å². The lowest BCUT2D eigenvalue weighted by Gasteiger charge is -2.07. The number of hydrogen-bond acceptors (Lipinski definition) is 4. The fourth-order valence-electron chi connectivity index (χ4n) is 2.64. The summed E-state index contributed by atoms with van der Waals surface area (Å²) in [6, 6.07) is 0. The van der Waals surface area contributed by atoms with Crippen molar-refractivity contribution in [3.05, 3.63) is 12.2 Å². The smallest absolute Gasteiger partial charge is 0.305 e. The molecule has 0 aliphatic heterocycles. The summed E-state index contributed by atoms with van der Waals surface area (Å²) in [4.78, 5) is 11.3. The number of rotatable bonds is 17. The summed E-state index contributed by atoms with van der Waals surface area (Å²) in [5.74, 6) is -0.211. The van der Waals surface area contributed by atoms with Crippen LogP contribution in [0.2, 0.25) is 0 Å². The van der Waals surface area contributed by atoms with E-state index < -0.39 is 6.10 Å². The summed E-state index contributed by atoms with van der Waals surface area (Å²) >= 11 is 0. The number of carbonyl (C=O) groups is 1. The minimum atomic E-state index is -0.584. The molecule has 0 fully saturated rings. The van der Waals surface area contributed by atoms with Crippen molar-refractivity contribution in [1.29, 1.82) is 0 Å². The molecule has 2 unspecified atom stereocenters. The van der Waals surface area contributed by atoms with E-state index in [1.54, 1.807) is 6.92 Å². The van der Waals surface area contributed by atoms with Gasteiger partial charge in [-0.05, 0) is 39.0 Å². The zero-order valence-electron chi connectivity index (χ0n) is 16.4. The molecule has 2 N–H and O–H groups in total. The molecule has 0 aromatic rings. The van der Waals surface area contributed by atoms with Crippen LogP contribution in [-0.4, -0.2) is 35.0 Å². The topological polar surface area (TPSA) is 66.8 Å². The first-order valence-corrected chi connectivity index (χ1v) is 10.2. The van der Waals surface area contributed by atoms with E-state index in [2.05, 4.69) is 19.1 Å². The molecule has 148 valence electrons. The minimum absolute atomic E-state index is 0.0958. The van der Waals surface area contributed by atoms with Gasteiger partial charge in [0.1, 0.15) is 6.61 Å². The Morgan fingerprint density at radius 1 is 0.960 bits per heavy atom. The molecule has 0 amide bonds. The summed E-state index contributed by atoms with van der Waals surface area (Å²) in [5.41, 5.74) is 0. The van der Waals surface area contributed by atoms with Crippen LogP contribution in [0.3, 0.4) is 0 Å². The van der Waals surface area contributed by atoms with Crippen molar-refractivity contribution in [2.75, 3.05) is 6.61 Å². The van der Waals surface area contributed by atoms with Crippen LogP contribution in [0.15, 0.2) is 12.2 Å². The fourth-order valence-corrected chi connectivity index (χ4v) is 2.64. The molecule has 0 aromatic heterocycles. The highest BCUT2D eigenvalue weighted by Gasteiger charge is 2.04. The van der Waals surface area contributed by atoms with Crippen LogP contribution in [-0.2, 0) is 9.53 Å². The predicted molar refractivity (Wildman–Crippen MR) is 103 cm³/mol. The highest BCUT2D eigenvalue weighted by molar-refractivity contribution is 5.69. The molecule has 0 rings (SSSR count). The lowest BCUT2D eigenvalue weighted by atomic mass is 10.1. The zero-order valence-corrected chi connectivity index (χ0v) is 16.4. The Hall–Kier alpha value is -0.870. The van der Waals surface area contributed by atoms with E-state index >= 15 is 0 Å². The van der Waals surface area contributed by atoms with Crippen molar-refractivity contribution in [3.8, 4) is 0 Å². The summed E-state index contributed by atoms with van der Waals surface area (Å²) in [6.07, 6.45) is 17.0. The van der Waals surface area contributed by atoms with Gasteiger partial charge in [-0.25, -0.2) is 0 Å². The average molecular weight is 357 g/mol. The second-order valence-corrected chi connectivity index (χ2v) is 7.05. The number of esters is 1. The Balaban J connectivity index is 3.33. The first kappa shape index (κ1) is 24.1. The average Bonchev–Trinajstić information content (AvgIpc) is 2.58. The van der Waals surface area contributed by atoms with E-state index in [0.29, 0.717) is 6.42 Å². The van der Waals surface area contributed by atoms with Crippen LogP contribution < -0.4 is 0 Å². The number of aliphatic hydroxyl groups excluding tert-OH is 2. The molecule has 4 heteroatoms. The molecule has 0 aliphatic carbocycles. The summed E-state index contributed by atoms with van der Waals surface area (Å²) < 4.78 is 4.91. The second-order valence-electron chi connectivity index (χ2n) is 7.05. The first-order chi connectivity index (χ1) is 12.1. The van der Waals surface area contributed by atoms with Gasteiger partial charge in [-0.2, -0.15) is 0 Å². The molecule has 0 aromatic carbocycles. The van der Waals surface area contributed by atoms with Crippen molar-refractivity contribution >= 4 is 5.97 Å². The van der Waals surface area contributed by atoms with Gasteiger partial charge in [-0.1, -0.05) is 64.0 Å². The third-order valence-corrected chi connectivity index (χ3v) is 4.20. The Kier molecular flexibility index (Phi) is 17.3. The Morgan fingerprint density at radius 3 is 2.36 bits per heavy atom. The van der Waals surface area contributed by atoms with E-state index in [1.807, 2.05) is 0 Å². The number of aliphatic hydroxyl groups is 2. The van der Waals surface area contributed by atoms with Crippen LogP contribution in [0.25, 0.3) is 0 Å². The lowest BCUT2D eigenvalue weighted by Crippen LogP contribution is -2.14. The molecule has 0 saturated carbocycles. The summed E-state index contributed by atoms with van der Waals surface area (Å²) in [7, 11) is 0. The number of ether oxygens (including phenoxy) is 1. The van der Waals surface area contributed by atoms with Gasteiger partial charge in [-0.3, -0.25) is 4.79 Å². The van der Waals surface area contributed by atoms with Gasteiger partial charge in [0.25, 0.3) is 0 Å². The maximum atomic E-state index is 11.3. The van der Waals surface area contributed by atoms with E-state index in [9.17, 15) is 9.90 Å². The standard InChI is InChI=1S/C21H40O4/c1-3-4-5-12-15-20(23)16-13-10-8-6-7-9-11-14-17-21(24)25-18-19(2)22/h10,13,19-20,22-23H,3-9,11-12,14-18H2,1-2H3. The molecule has 0 saturated heterocycles. The van der Waals surface area contributed by atoms with Crippen molar-refractivity contribution in [1.82, 2.24) is 0 Å². The third kappa shape index (κ3) is 19.3. The quantitative estimate of drug-likeness (QED) is 0.220. The van der Waals surface area contributed by atoms with Gasteiger partial charge in [0.2, 0.25) is 0 Å².